The number of unbranched alkanes of at least 4 members (excludes halogenated alkanes) is 5. The van der Waals surface area contributed by atoms with Crippen molar-refractivity contribution in [3.63, 3.8) is 0 Å². The molecule has 0 aliphatic heterocycles. The van der Waals surface area contributed by atoms with E-state index in [4.69, 9.17) is 9.84 Å². The van der Waals surface area contributed by atoms with Crippen LogP contribution in [0.4, 0.5) is 0 Å². The highest BCUT2D eigenvalue weighted by Gasteiger charge is 2.15. The topological polar surface area (TPSA) is 89.9 Å². The second kappa shape index (κ2) is 11.9. The molecule has 0 atom stereocenters. The minimum atomic E-state index is -1.26. The maximum Gasteiger partial charge on any atom is 0.341 e. The summed E-state index contributed by atoms with van der Waals surface area (Å²) in [6, 6.07) is 0. The molecule has 0 fully saturated rings. The Morgan fingerprint density at radius 1 is 1.00 bits per heavy atom. The number of esters is 2. The summed E-state index contributed by atoms with van der Waals surface area (Å²) >= 11 is 0. The molecule has 0 unspecified atom stereocenters. The molecule has 0 aromatic rings. The first-order valence-corrected chi connectivity index (χ1v) is 7.19. The summed E-state index contributed by atoms with van der Waals surface area (Å²) in [4.78, 5) is 32.9. The van der Waals surface area contributed by atoms with Gasteiger partial charge in [0.15, 0.2) is 6.61 Å². The van der Waals surface area contributed by atoms with Crippen LogP contribution < -0.4 is 0 Å². The van der Waals surface area contributed by atoms with Crippen LogP contribution in [0.1, 0.15) is 51.9 Å². The summed E-state index contributed by atoms with van der Waals surface area (Å²) in [7, 11) is 0. The fourth-order valence-corrected chi connectivity index (χ4v) is 1.60. The molecule has 6 nitrogen and oxygen atoms in total. The van der Waals surface area contributed by atoms with Gasteiger partial charge in [-0.3, -0.25) is 4.79 Å². The van der Waals surface area contributed by atoms with Gasteiger partial charge in [-0.05, 0) is 6.42 Å². The number of hydrogen-bond acceptors (Lipinski definition) is 5. The van der Waals surface area contributed by atoms with Crippen molar-refractivity contribution in [1.29, 1.82) is 0 Å². The molecule has 0 amide bonds. The Morgan fingerprint density at radius 2 is 1.62 bits per heavy atom. The third-order valence-corrected chi connectivity index (χ3v) is 2.73. The minimum Gasteiger partial charge on any atom is -0.479 e. The first-order chi connectivity index (χ1) is 9.97. The number of carbonyl (C=O) groups is 3. The second-order valence-electron chi connectivity index (χ2n) is 4.74. The molecule has 0 saturated heterocycles. The summed E-state index contributed by atoms with van der Waals surface area (Å²) in [6.07, 6.45) is 6.25. The van der Waals surface area contributed by atoms with Crippen molar-refractivity contribution in [3.8, 4) is 0 Å². The molecule has 0 spiro atoms. The van der Waals surface area contributed by atoms with E-state index in [0.29, 0.717) is 6.61 Å². The average molecular weight is 300 g/mol. The number of carboxylic acid groups (broad SMARTS) is 1. The van der Waals surface area contributed by atoms with E-state index in [1.165, 1.54) is 19.3 Å². The Hall–Kier alpha value is -1.85. The van der Waals surface area contributed by atoms with E-state index in [-0.39, 0.29) is 12.0 Å². The van der Waals surface area contributed by atoms with Gasteiger partial charge in [-0.25, -0.2) is 9.59 Å². The van der Waals surface area contributed by atoms with E-state index in [1.54, 1.807) is 0 Å². The Labute approximate surface area is 125 Å². The third kappa shape index (κ3) is 11.7. The molecular formula is C15H24O6. The number of carbonyl (C=O) groups excluding carboxylic acids is 2. The van der Waals surface area contributed by atoms with Crippen LogP contribution in [0.15, 0.2) is 12.2 Å². The number of aliphatic carboxylic acids is 1. The van der Waals surface area contributed by atoms with Crippen LogP contribution in [0.5, 0.6) is 0 Å². The van der Waals surface area contributed by atoms with Crippen LogP contribution in [0.3, 0.4) is 0 Å². The quantitative estimate of drug-likeness (QED) is 0.338. The van der Waals surface area contributed by atoms with Crippen molar-refractivity contribution in [2.24, 2.45) is 0 Å². The fourth-order valence-electron chi connectivity index (χ4n) is 1.60. The van der Waals surface area contributed by atoms with E-state index >= 15 is 0 Å². The van der Waals surface area contributed by atoms with Crippen LogP contribution in [-0.2, 0) is 23.9 Å². The van der Waals surface area contributed by atoms with Gasteiger partial charge in [-0.15, -0.1) is 0 Å². The predicted molar refractivity (Wildman–Crippen MR) is 76.7 cm³/mol. The van der Waals surface area contributed by atoms with Crippen molar-refractivity contribution in [1.82, 2.24) is 0 Å². The summed E-state index contributed by atoms with van der Waals surface area (Å²) in [5, 5.41) is 8.35. The number of rotatable bonds is 12. The molecule has 0 rings (SSSR count). The number of hydrogen-bond donors (Lipinski definition) is 1. The van der Waals surface area contributed by atoms with Crippen LogP contribution in [0, 0.1) is 0 Å². The summed E-state index contributed by atoms with van der Waals surface area (Å²) in [5.41, 5.74) is -0.107. The van der Waals surface area contributed by atoms with Crippen LogP contribution in [0.2, 0.25) is 0 Å². The maximum absolute atomic E-state index is 11.4. The van der Waals surface area contributed by atoms with Gasteiger partial charge in [0.05, 0.1) is 13.0 Å². The highest BCUT2D eigenvalue weighted by Crippen LogP contribution is 2.07. The predicted octanol–water partition coefficient (Wildman–Crippen LogP) is 2.46. The molecule has 0 radical (unpaired) electrons. The summed E-state index contributed by atoms with van der Waals surface area (Å²) in [6.45, 7) is 5.11. The van der Waals surface area contributed by atoms with Crippen molar-refractivity contribution in [2.75, 3.05) is 13.2 Å². The fraction of sp³-hybridized carbons (Fsp3) is 0.667. The Kier molecular flexibility index (Phi) is 10.9. The molecule has 0 saturated carbocycles. The minimum absolute atomic E-state index is 0.107. The molecule has 6 heteroatoms. The van der Waals surface area contributed by atoms with Gasteiger partial charge >= 0.3 is 17.9 Å². The lowest BCUT2D eigenvalue weighted by Gasteiger charge is -2.06. The monoisotopic (exact) mass is 300 g/mol. The van der Waals surface area contributed by atoms with E-state index in [1.807, 2.05) is 0 Å². The van der Waals surface area contributed by atoms with Gasteiger partial charge in [0, 0.05) is 5.57 Å². The maximum atomic E-state index is 11.4. The summed E-state index contributed by atoms with van der Waals surface area (Å²) < 4.78 is 9.37. The lowest BCUT2D eigenvalue weighted by Crippen LogP contribution is -2.17. The van der Waals surface area contributed by atoms with Crippen LogP contribution in [0.25, 0.3) is 0 Å². The van der Waals surface area contributed by atoms with E-state index < -0.39 is 24.5 Å². The van der Waals surface area contributed by atoms with Gasteiger partial charge in [0.2, 0.25) is 0 Å². The Bertz CT molecular complexity index is 361. The summed E-state index contributed by atoms with van der Waals surface area (Å²) in [5.74, 6) is -2.71. The first kappa shape index (κ1) is 19.1. The zero-order chi connectivity index (χ0) is 16.1. The van der Waals surface area contributed by atoms with Crippen molar-refractivity contribution in [2.45, 2.75) is 51.9 Å². The number of ether oxygens (including phenoxy) is 2. The highest BCUT2D eigenvalue weighted by molar-refractivity contribution is 5.94. The van der Waals surface area contributed by atoms with E-state index in [0.717, 1.165) is 19.3 Å². The zero-order valence-corrected chi connectivity index (χ0v) is 12.6. The van der Waals surface area contributed by atoms with Gasteiger partial charge in [-0.1, -0.05) is 45.6 Å². The highest BCUT2D eigenvalue weighted by atomic mass is 16.6. The molecule has 0 aliphatic carbocycles. The van der Waals surface area contributed by atoms with E-state index in [9.17, 15) is 14.4 Å². The lowest BCUT2D eigenvalue weighted by atomic mass is 10.1. The smallest absolute Gasteiger partial charge is 0.341 e. The lowest BCUT2D eigenvalue weighted by molar-refractivity contribution is -0.153. The Balaban J connectivity index is 3.66. The Morgan fingerprint density at radius 3 is 2.24 bits per heavy atom. The molecule has 120 valence electrons. The zero-order valence-electron chi connectivity index (χ0n) is 12.6. The van der Waals surface area contributed by atoms with Crippen molar-refractivity contribution >= 4 is 17.9 Å². The van der Waals surface area contributed by atoms with Gasteiger partial charge in [-0.2, -0.15) is 0 Å². The SMILES string of the molecule is C=C(CC(=O)OCCCCCCCC)C(=O)OCC(=O)O. The molecule has 1 N–H and O–H groups in total. The molecule has 0 aliphatic rings. The van der Waals surface area contributed by atoms with Gasteiger partial charge < -0.3 is 14.6 Å². The van der Waals surface area contributed by atoms with Crippen molar-refractivity contribution in [3.05, 3.63) is 12.2 Å². The largest absolute Gasteiger partial charge is 0.479 e. The number of carboxylic acids is 1. The average Bonchev–Trinajstić information content (AvgIpc) is 2.43. The standard InChI is InChI=1S/C15H24O6/c1-3-4-5-6-7-8-9-20-14(18)10-12(2)15(19)21-11-13(16)17/h2-11H2,1H3,(H,16,17). The molecule has 21 heavy (non-hydrogen) atoms. The second-order valence-corrected chi connectivity index (χ2v) is 4.74. The van der Waals surface area contributed by atoms with Crippen LogP contribution >= 0.6 is 0 Å². The first-order valence-electron chi connectivity index (χ1n) is 7.19. The third-order valence-electron chi connectivity index (χ3n) is 2.73. The molecule has 0 aromatic heterocycles. The van der Waals surface area contributed by atoms with Gasteiger partial charge in [0.1, 0.15) is 0 Å². The van der Waals surface area contributed by atoms with E-state index in [2.05, 4.69) is 18.2 Å². The molecule has 0 aromatic carbocycles. The van der Waals surface area contributed by atoms with Gasteiger partial charge in [0.25, 0.3) is 0 Å². The molecular weight excluding hydrogens is 276 g/mol. The molecule has 0 bridgehead atoms. The molecule has 0 heterocycles. The normalized spacial score (nSPS) is 9.95. The van der Waals surface area contributed by atoms with Crippen LogP contribution in [-0.4, -0.2) is 36.2 Å². The van der Waals surface area contributed by atoms with Crippen molar-refractivity contribution < 1.29 is 29.0 Å².